The number of hydrogen-bond donors (Lipinski definition) is 1. The van der Waals surface area contributed by atoms with Gasteiger partial charge in [0, 0.05) is 12.1 Å². The van der Waals surface area contributed by atoms with Gasteiger partial charge >= 0.3 is 0 Å². The molecule has 1 heteroatoms. The molecule has 0 spiro atoms. The van der Waals surface area contributed by atoms with Crippen LogP contribution in [0, 0.1) is 0 Å². The average molecular weight is 147 g/mol. The molecule has 1 N–H and O–H groups in total. The minimum Gasteiger partial charge on any atom is -0.307 e. The van der Waals surface area contributed by atoms with Crippen LogP contribution in [0.2, 0.25) is 0 Å². The topological polar surface area (TPSA) is 12.0 Å². The average Bonchev–Trinajstić information content (AvgIpc) is 2.01. The van der Waals surface area contributed by atoms with Gasteiger partial charge in [0.1, 0.15) is 0 Å². The summed E-state index contributed by atoms with van der Waals surface area (Å²) in [4.78, 5) is 0. The van der Waals surface area contributed by atoms with E-state index in [2.05, 4.69) is 42.6 Å². The van der Waals surface area contributed by atoms with E-state index in [1.165, 1.54) is 12.0 Å². The third kappa shape index (κ3) is 1.29. The lowest BCUT2D eigenvalue weighted by Gasteiger charge is -2.35. The zero-order valence-corrected chi connectivity index (χ0v) is 6.75. The zero-order chi connectivity index (χ0) is 7.68. The SMILES string of the molecule is CC1C[C@@H](c2ccccc2)N1. The van der Waals surface area contributed by atoms with Gasteiger partial charge in [0.2, 0.25) is 0 Å². The summed E-state index contributed by atoms with van der Waals surface area (Å²) in [7, 11) is 0. The highest BCUT2D eigenvalue weighted by Gasteiger charge is 2.24. The molecule has 1 fully saturated rings. The predicted molar refractivity (Wildman–Crippen MR) is 46.4 cm³/mol. The van der Waals surface area contributed by atoms with E-state index < -0.39 is 0 Å². The fourth-order valence-electron chi connectivity index (χ4n) is 1.59. The van der Waals surface area contributed by atoms with Crippen LogP contribution in [-0.4, -0.2) is 6.04 Å². The molecule has 0 bridgehead atoms. The van der Waals surface area contributed by atoms with E-state index >= 15 is 0 Å². The van der Waals surface area contributed by atoms with Crippen molar-refractivity contribution in [2.45, 2.75) is 25.4 Å². The highest BCUT2D eigenvalue weighted by Crippen LogP contribution is 2.26. The predicted octanol–water partition coefficient (Wildman–Crippen LogP) is 2.11. The summed E-state index contributed by atoms with van der Waals surface area (Å²) in [5.74, 6) is 0. The van der Waals surface area contributed by atoms with E-state index in [-0.39, 0.29) is 0 Å². The maximum atomic E-state index is 3.46. The third-order valence-corrected chi connectivity index (χ3v) is 2.28. The van der Waals surface area contributed by atoms with Gasteiger partial charge in [-0.1, -0.05) is 30.3 Å². The molecule has 0 radical (unpaired) electrons. The summed E-state index contributed by atoms with van der Waals surface area (Å²) < 4.78 is 0. The summed E-state index contributed by atoms with van der Waals surface area (Å²) in [6.45, 7) is 2.22. The fraction of sp³-hybridized carbons (Fsp3) is 0.400. The van der Waals surface area contributed by atoms with Crippen LogP contribution in [0.3, 0.4) is 0 Å². The van der Waals surface area contributed by atoms with Crippen LogP contribution in [0.4, 0.5) is 0 Å². The molecule has 11 heavy (non-hydrogen) atoms. The van der Waals surface area contributed by atoms with Crippen LogP contribution >= 0.6 is 0 Å². The second-order valence-electron chi connectivity index (χ2n) is 3.27. The van der Waals surface area contributed by atoms with E-state index in [9.17, 15) is 0 Å². The first-order valence-electron chi connectivity index (χ1n) is 4.17. The molecule has 58 valence electrons. The summed E-state index contributed by atoms with van der Waals surface area (Å²) in [6, 6.07) is 11.9. The smallest absolute Gasteiger partial charge is 0.0337 e. The molecule has 2 atom stereocenters. The standard InChI is InChI=1S/C10H13N/c1-8-7-10(11-8)9-5-3-2-4-6-9/h2-6,8,10-11H,7H2,1H3/t8?,10-/m0/s1. The normalized spacial score (nSPS) is 29.5. The van der Waals surface area contributed by atoms with Gasteiger partial charge in [-0.3, -0.25) is 0 Å². The van der Waals surface area contributed by atoms with Gasteiger partial charge in [0.05, 0.1) is 0 Å². The molecule has 1 aliphatic rings. The maximum absolute atomic E-state index is 3.46. The first-order chi connectivity index (χ1) is 5.36. The van der Waals surface area contributed by atoms with E-state index in [1.54, 1.807) is 0 Å². The summed E-state index contributed by atoms with van der Waals surface area (Å²) in [5.41, 5.74) is 1.42. The monoisotopic (exact) mass is 147 g/mol. The van der Waals surface area contributed by atoms with E-state index in [0.717, 1.165) is 0 Å². The molecule has 1 nitrogen and oxygen atoms in total. The largest absolute Gasteiger partial charge is 0.307 e. The number of hydrogen-bond acceptors (Lipinski definition) is 1. The van der Waals surface area contributed by atoms with Crippen LogP contribution in [0.1, 0.15) is 24.9 Å². The Labute approximate surface area is 67.4 Å². The van der Waals surface area contributed by atoms with Crippen molar-refractivity contribution in [3.8, 4) is 0 Å². The molecule has 2 rings (SSSR count). The Morgan fingerprint density at radius 1 is 1.27 bits per heavy atom. The van der Waals surface area contributed by atoms with Crippen molar-refractivity contribution in [3.05, 3.63) is 35.9 Å². The third-order valence-electron chi connectivity index (χ3n) is 2.28. The van der Waals surface area contributed by atoms with Crippen LogP contribution in [0.5, 0.6) is 0 Å². The Hall–Kier alpha value is -0.820. The van der Waals surface area contributed by atoms with Gasteiger partial charge in [-0.25, -0.2) is 0 Å². The van der Waals surface area contributed by atoms with E-state index in [4.69, 9.17) is 0 Å². The highest BCUT2D eigenvalue weighted by molar-refractivity contribution is 5.21. The molecule has 1 aromatic carbocycles. The van der Waals surface area contributed by atoms with Crippen molar-refractivity contribution >= 4 is 0 Å². The Balaban J connectivity index is 2.08. The van der Waals surface area contributed by atoms with Gasteiger partial charge in [-0.05, 0) is 18.9 Å². The minimum absolute atomic E-state index is 0.617. The minimum atomic E-state index is 0.617. The van der Waals surface area contributed by atoms with Crippen molar-refractivity contribution < 1.29 is 0 Å². The van der Waals surface area contributed by atoms with Gasteiger partial charge < -0.3 is 5.32 Å². The first-order valence-corrected chi connectivity index (χ1v) is 4.17. The Morgan fingerprint density at radius 2 is 1.91 bits per heavy atom. The van der Waals surface area contributed by atoms with Gasteiger partial charge in [0.25, 0.3) is 0 Å². The van der Waals surface area contributed by atoms with Crippen LogP contribution in [0.15, 0.2) is 30.3 Å². The molecule has 1 aromatic rings. The van der Waals surface area contributed by atoms with E-state index in [0.29, 0.717) is 12.1 Å². The van der Waals surface area contributed by atoms with Crippen molar-refractivity contribution in [3.63, 3.8) is 0 Å². The quantitative estimate of drug-likeness (QED) is 0.641. The molecule has 1 saturated heterocycles. The lowest BCUT2D eigenvalue weighted by Crippen LogP contribution is -2.43. The number of nitrogens with one attached hydrogen (secondary N) is 1. The van der Waals surface area contributed by atoms with Gasteiger partial charge in [-0.15, -0.1) is 0 Å². The van der Waals surface area contributed by atoms with Crippen molar-refractivity contribution in [2.75, 3.05) is 0 Å². The molecule has 0 amide bonds. The number of benzene rings is 1. The summed E-state index contributed by atoms with van der Waals surface area (Å²) in [5, 5.41) is 3.46. The molecule has 1 heterocycles. The maximum Gasteiger partial charge on any atom is 0.0337 e. The highest BCUT2D eigenvalue weighted by atomic mass is 15.0. The van der Waals surface area contributed by atoms with Gasteiger partial charge in [0.15, 0.2) is 0 Å². The lowest BCUT2D eigenvalue weighted by molar-refractivity contribution is 0.288. The molecule has 1 aliphatic heterocycles. The van der Waals surface area contributed by atoms with Crippen LogP contribution in [-0.2, 0) is 0 Å². The fourth-order valence-corrected chi connectivity index (χ4v) is 1.59. The second-order valence-corrected chi connectivity index (χ2v) is 3.27. The Bertz CT molecular complexity index is 224. The molecule has 0 aliphatic carbocycles. The van der Waals surface area contributed by atoms with Crippen LogP contribution in [0.25, 0.3) is 0 Å². The Kier molecular flexibility index (Phi) is 1.66. The molecule has 0 saturated carbocycles. The number of rotatable bonds is 1. The molecule has 0 aromatic heterocycles. The van der Waals surface area contributed by atoms with Gasteiger partial charge in [-0.2, -0.15) is 0 Å². The lowest BCUT2D eigenvalue weighted by atomic mass is 9.92. The molecular weight excluding hydrogens is 134 g/mol. The van der Waals surface area contributed by atoms with Crippen LogP contribution < -0.4 is 5.32 Å². The molecular formula is C10H13N. The van der Waals surface area contributed by atoms with Crippen molar-refractivity contribution in [1.82, 2.24) is 5.32 Å². The molecule has 1 unspecified atom stereocenters. The summed E-state index contributed by atoms with van der Waals surface area (Å²) in [6.07, 6.45) is 1.28. The van der Waals surface area contributed by atoms with Crippen molar-refractivity contribution in [2.24, 2.45) is 0 Å². The summed E-state index contributed by atoms with van der Waals surface area (Å²) >= 11 is 0. The zero-order valence-electron chi connectivity index (χ0n) is 6.75. The Morgan fingerprint density at radius 3 is 2.45 bits per heavy atom. The second kappa shape index (κ2) is 2.67. The van der Waals surface area contributed by atoms with E-state index in [1.807, 2.05) is 0 Å². The van der Waals surface area contributed by atoms with Crippen molar-refractivity contribution in [1.29, 1.82) is 0 Å². The first kappa shape index (κ1) is 6.86.